The summed E-state index contributed by atoms with van der Waals surface area (Å²) in [5, 5.41) is 22.1. The van der Waals surface area contributed by atoms with Crippen molar-refractivity contribution in [3.8, 4) is 17.0 Å². The zero-order valence-corrected chi connectivity index (χ0v) is 16.0. The van der Waals surface area contributed by atoms with E-state index in [1.165, 1.54) is 12.1 Å². The maximum atomic E-state index is 11.6. The molecule has 2 heterocycles. The smallest absolute Gasteiger partial charge is 0.175 e. The number of aromatic nitrogens is 2. The number of phenols is 1. The van der Waals surface area contributed by atoms with Crippen molar-refractivity contribution >= 4 is 15.7 Å². The van der Waals surface area contributed by atoms with Gasteiger partial charge in [0.25, 0.3) is 0 Å². The molecule has 0 spiro atoms. The number of hydrogen-bond acceptors (Lipinski definition) is 7. The molecule has 1 atom stereocenters. The molecule has 8 heteroatoms. The molecule has 0 unspecified atom stereocenters. The first-order valence-electron chi connectivity index (χ1n) is 8.57. The Hall–Kier alpha value is -2.19. The van der Waals surface area contributed by atoms with Crippen molar-refractivity contribution < 1.29 is 13.5 Å². The highest BCUT2D eigenvalue weighted by molar-refractivity contribution is 7.90. The van der Waals surface area contributed by atoms with E-state index in [1.54, 1.807) is 6.07 Å². The quantitative estimate of drug-likeness (QED) is 0.843. The van der Waals surface area contributed by atoms with Crippen LogP contribution in [0.25, 0.3) is 11.3 Å². The van der Waals surface area contributed by atoms with Crippen molar-refractivity contribution in [3.05, 3.63) is 29.8 Å². The lowest BCUT2D eigenvalue weighted by Crippen LogP contribution is -2.39. The number of anilines is 1. The second-order valence-corrected chi connectivity index (χ2v) is 8.97. The maximum absolute atomic E-state index is 11.6. The number of benzene rings is 1. The van der Waals surface area contributed by atoms with E-state index < -0.39 is 9.84 Å². The molecule has 3 rings (SSSR count). The second kappa shape index (κ2) is 7.20. The van der Waals surface area contributed by atoms with E-state index in [-0.39, 0.29) is 10.6 Å². The van der Waals surface area contributed by atoms with Gasteiger partial charge in [0.2, 0.25) is 0 Å². The first-order valence-corrected chi connectivity index (χ1v) is 10.5. The summed E-state index contributed by atoms with van der Waals surface area (Å²) in [6, 6.07) is 6.52. The Morgan fingerprint density at radius 1 is 1.27 bits per heavy atom. The average molecular weight is 376 g/mol. The van der Waals surface area contributed by atoms with Crippen LogP contribution in [0.4, 0.5) is 5.82 Å². The van der Waals surface area contributed by atoms with E-state index in [0.29, 0.717) is 23.1 Å². The molecule has 0 radical (unpaired) electrons. The molecule has 0 saturated carbocycles. The van der Waals surface area contributed by atoms with Crippen LogP contribution in [0, 0.1) is 6.92 Å². The Labute approximate surface area is 154 Å². The van der Waals surface area contributed by atoms with Crippen molar-refractivity contribution in [2.45, 2.75) is 30.7 Å². The number of nitrogens with one attached hydrogen (secondary N) is 1. The van der Waals surface area contributed by atoms with Gasteiger partial charge >= 0.3 is 0 Å². The SMILES string of the molecule is Cc1cc(N[C@H]2CCCN(C)C2)nnc1-c1ccc(S(C)(=O)=O)cc1O. The lowest BCUT2D eigenvalue weighted by molar-refractivity contribution is 0.260. The minimum Gasteiger partial charge on any atom is -0.507 e. The number of likely N-dealkylation sites (tertiary alicyclic amines) is 1. The Balaban J connectivity index is 1.84. The van der Waals surface area contributed by atoms with Crippen LogP contribution >= 0.6 is 0 Å². The van der Waals surface area contributed by atoms with E-state index in [2.05, 4.69) is 27.5 Å². The number of hydrogen-bond donors (Lipinski definition) is 2. The predicted molar refractivity (Wildman–Crippen MR) is 101 cm³/mol. The highest BCUT2D eigenvalue weighted by Crippen LogP contribution is 2.32. The van der Waals surface area contributed by atoms with Gasteiger partial charge in [-0.2, -0.15) is 0 Å². The third-order valence-electron chi connectivity index (χ3n) is 4.61. The van der Waals surface area contributed by atoms with Gasteiger partial charge in [-0.1, -0.05) is 0 Å². The molecule has 1 fully saturated rings. The van der Waals surface area contributed by atoms with Crippen LogP contribution in [-0.4, -0.2) is 61.1 Å². The van der Waals surface area contributed by atoms with Gasteiger partial charge in [-0.15, -0.1) is 10.2 Å². The van der Waals surface area contributed by atoms with Crippen LogP contribution in [0.5, 0.6) is 5.75 Å². The van der Waals surface area contributed by atoms with Crippen LogP contribution in [0.3, 0.4) is 0 Å². The minimum absolute atomic E-state index is 0.0732. The summed E-state index contributed by atoms with van der Waals surface area (Å²) in [7, 11) is -1.26. The molecule has 1 aliphatic rings. The molecule has 1 aliphatic heterocycles. The Kier molecular flexibility index (Phi) is 5.15. The molecular formula is C18H24N4O3S. The van der Waals surface area contributed by atoms with Crippen molar-refractivity contribution in [3.63, 3.8) is 0 Å². The maximum Gasteiger partial charge on any atom is 0.175 e. The topological polar surface area (TPSA) is 95.4 Å². The number of aromatic hydroxyl groups is 1. The molecule has 1 saturated heterocycles. The molecule has 7 nitrogen and oxygen atoms in total. The van der Waals surface area contributed by atoms with Crippen molar-refractivity contribution in [1.29, 1.82) is 0 Å². The highest BCUT2D eigenvalue weighted by atomic mass is 32.2. The number of phenolic OH excluding ortho intramolecular Hbond substituents is 1. The van der Waals surface area contributed by atoms with Crippen LogP contribution in [-0.2, 0) is 9.84 Å². The zero-order valence-electron chi connectivity index (χ0n) is 15.2. The predicted octanol–water partition coefficient (Wildman–Crippen LogP) is 2.07. The van der Waals surface area contributed by atoms with E-state index >= 15 is 0 Å². The molecule has 2 N–H and O–H groups in total. The number of aryl methyl sites for hydroxylation is 1. The van der Waals surface area contributed by atoms with E-state index in [1.807, 2.05) is 13.0 Å². The average Bonchev–Trinajstić information content (AvgIpc) is 2.55. The Morgan fingerprint density at radius 2 is 2.04 bits per heavy atom. The van der Waals surface area contributed by atoms with Gasteiger partial charge in [0.05, 0.1) is 10.6 Å². The second-order valence-electron chi connectivity index (χ2n) is 6.96. The summed E-state index contributed by atoms with van der Waals surface area (Å²) in [5.41, 5.74) is 1.86. The van der Waals surface area contributed by atoms with Crippen LogP contribution in [0.15, 0.2) is 29.2 Å². The summed E-state index contributed by atoms with van der Waals surface area (Å²) in [6.45, 7) is 3.98. The van der Waals surface area contributed by atoms with Gasteiger partial charge in [0, 0.05) is 24.4 Å². The Bertz CT molecular complexity index is 915. The molecule has 0 amide bonds. The third kappa shape index (κ3) is 4.13. The first-order chi connectivity index (χ1) is 12.2. The Morgan fingerprint density at radius 3 is 2.65 bits per heavy atom. The fourth-order valence-corrected chi connectivity index (χ4v) is 3.90. The minimum atomic E-state index is -3.37. The number of sulfone groups is 1. The van der Waals surface area contributed by atoms with E-state index in [9.17, 15) is 13.5 Å². The third-order valence-corrected chi connectivity index (χ3v) is 5.72. The van der Waals surface area contributed by atoms with Crippen LogP contribution in [0.1, 0.15) is 18.4 Å². The first kappa shape index (κ1) is 18.6. The van der Waals surface area contributed by atoms with Crippen molar-refractivity contribution in [1.82, 2.24) is 15.1 Å². The van der Waals surface area contributed by atoms with Gasteiger partial charge in [0.15, 0.2) is 9.84 Å². The van der Waals surface area contributed by atoms with Crippen molar-refractivity contribution in [2.24, 2.45) is 0 Å². The molecule has 140 valence electrons. The monoisotopic (exact) mass is 376 g/mol. The summed E-state index contributed by atoms with van der Waals surface area (Å²) in [5.74, 6) is 0.582. The summed E-state index contributed by atoms with van der Waals surface area (Å²) in [6.07, 6.45) is 3.36. The molecule has 0 bridgehead atoms. The fraction of sp³-hybridized carbons (Fsp3) is 0.444. The van der Waals surface area contributed by atoms with Gasteiger partial charge in [0.1, 0.15) is 11.6 Å². The van der Waals surface area contributed by atoms with Gasteiger partial charge in [-0.05, 0) is 63.2 Å². The fourth-order valence-electron chi connectivity index (χ4n) is 3.26. The lowest BCUT2D eigenvalue weighted by Gasteiger charge is -2.30. The largest absolute Gasteiger partial charge is 0.507 e. The number of rotatable bonds is 4. The summed E-state index contributed by atoms with van der Waals surface area (Å²) < 4.78 is 23.2. The zero-order chi connectivity index (χ0) is 18.9. The molecule has 2 aromatic rings. The van der Waals surface area contributed by atoms with Crippen LogP contribution < -0.4 is 5.32 Å². The highest BCUT2D eigenvalue weighted by Gasteiger charge is 2.19. The van der Waals surface area contributed by atoms with E-state index in [0.717, 1.165) is 37.8 Å². The van der Waals surface area contributed by atoms with Gasteiger partial charge in [-0.3, -0.25) is 0 Å². The normalized spacial score (nSPS) is 18.7. The molecule has 0 aliphatic carbocycles. The lowest BCUT2D eigenvalue weighted by atomic mass is 10.1. The number of likely N-dealkylation sites (N-methyl/N-ethyl adjacent to an activating group) is 1. The summed E-state index contributed by atoms with van der Waals surface area (Å²) in [4.78, 5) is 2.36. The molecule has 1 aromatic heterocycles. The van der Waals surface area contributed by atoms with E-state index in [4.69, 9.17) is 0 Å². The van der Waals surface area contributed by atoms with Gasteiger partial charge in [-0.25, -0.2) is 8.42 Å². The van der Waals surface area contributed by atoms with Gasteiger partial charge < -0.3 is 15.3 Å². The van der Waals surface area contributed by atoms with Crippen molar-refractivity contribution in [2.75, 3.05) is 31.7 Å². The molecule has 26 heavy (non-hydrogen) atoms. The number of piperidine rings is 1. The standard InChI is InChI=1S/C18H24N4O3S/c1-12-9-17(19-13-5-4-8-22(2)11-13)20-21-18(12)15-7-6-14(10-16(15)23)26(3,24)25/h6-7,9-10,13,23H,4-5,8,11H2,1-3H3,(H,19,20)/t13-/m0/s1. The summed E-state index contributed by atoms with van der Waals surface area (Å²) >= 11 is 0. The molecule has 1 aromatic carbocycles. The number of nitrogens with zero attached hydrogens (tertiary/aromatic N) is 3. The van der Waals surface area contributed by atoms with Crippen LogP contribution in [0.2, 0.25) is 0 Å². The molecular weight excluding hydrogens is 352 g/mol.